The van der Waals surface area contributed by atoms with Gasteiger partial charge in [-0.25, -0.2) is 0 Å². The summed E-state index contributed by atoms with van der Waals surface area (Å²) < 4.78 is 0. The first kappa shape index (κ1) is 15.5. The van der Waals surface area contributed by atoms with E-state index in [0.29, 0.717) is 33.8 Å². The zero-order valence-corrected chi connectivity index (χ0v) is 13.1. The molecule has 1 fully saturated rings. The average Bonchev–Trinajstić information content (AvgIpc) is 2.41. The number of halogens is 2. The van der Waals surface area contributed by atoms with Gasteiger partial charge in [-0.15, -0.1) is 0 Å². The van der Waals surface area contributed by atoms with Crippen LogP contribution in [0.2, 0.25) is 10.0 Å². The molecule has 110 valence electrons. The Bertz CT molecular complexity index is 482. The molecule has 0 heterocycles. The fourth-order valence-corrected chi connectivity index (χ4v) is 3.29. The highest BCUT2D eigenvalue weighted by Crippen LogP contribution is 2.30. The molecule has 3 N–H and O–H groups in total. The molecule has 3 nitrogen and oxygen atoms in total. The molecule has 1 aromatic rings. The van der Waals surface area contributed by atoms with E-state index in [9.17, 15) is 4.79 Å². The highest BCUT2D eigenvalue weighted by molar-refractivity contribution is 6.39. The van der Waals surface area contributed by atoms with Crippen molar-refractivity contribution in [1.82, 2.24) is 5.32 Å². The van der Waals surface area contributed by atoms with Crippen LogP contribution >= 0.6 is 23.2 Å². The van der Waals surface area contributed by atoms with E-state index in [0.717, 1.165) is 5.92 Å². The first-order valence-corrected chi connectivity index (χ1v) is 7.75. The van der Waals surface area contributed by atoms with Gasteiger partial charge >= 0.3 is 0 Å². The fraction of sp³-hybridized carbons (Fsp3) is 0.533. The van der Waals surface area contributed by atoms with Gasteiger partial charge in [0.05, 0.1) is 15.7 Å². The number of carbonyl (C=O) groups is 1. The van der Waals surface area contributed by atoms with E-state index in [1.54, 1.807) is 12.1 Å². The number of benzene rings is 1. The molecular weight excluding hydrogens is 295 g/mol. The van der Waals surface area contributed by atoms with Crippen molar-refractivity contribution in [3.8, 4) is 0 Å². The number of nitrogens with one attached hydrogen (secondary N) is 1. The summed E-state index contributed by atoms with van der Waals surface area (Å²) in [7, 11) is 0. The molecule has 2 unspecified atom stereocenters. The number of rotatable bonds is 3. The molecule has 20 heavy (non-hydrogen) atoms. The Morgan fingerprint density at radius 2 is 2.00 bits per heavy atom. The summed E-state index contributed by atoms with van der Waals surface area (Å²) in [5, 5.41) is 3.59. The summed E-state index contributed by atoms with van der Waals surface area (Å²) in [6, 6.07) is 3.11. The molecule has 1 saturated carbocycles. The van der Waals surface area contributed by atoms with E-state index in [1.165, 1.54) is 25.7 Å². The minimum Gasteiger partial charge on any atom is -0.396 e. The number of anilines is 1. The molecule has 0 aromatic heterocycles. The summed E-state index contributed by atoms with van der Waals surface area (Å²) in [5.74, 6) is 1.18. The van der Waals surface area contributed by atoms with Gasteiger partial charge in [-0.05, 0) is 36.8 Å². The summed E-state index contributed by atoms with van der Waals surface area (Å²) in [5.41, 5.74) is 6.43. The summed E-state index contributed by atoms with van der Waals surface area (Å²) in [6.45, 7) is 2.98. The molecule has 2 rings (SSSR count). The van der Waals surface area contributed by atoms with Crippen molar-refractivity contribution in [3.05, 3.63) is 27.7 Å². The van der Waals surface area contributed by atoms with Crippen molar-refractivity contribution in [2.45, 2.75) is 32.6 Å². The molecule has 0 aliphatic heterocycles. The maximum Gasteiger partial charge on any atom is 0.251 e. The number of amides is 1. The first-order chi connectivity index (χ1) is 9.47. The standard InChI is InChI=1S/C15H20Cl2N2O/c1-9-3-2-4-10(5-9)8-19-15(20)11-6-12(16)14(18)13(17)7-11/h6-7,9-10H,2-5,8,18H2,1H3,(H,19,20). The van der Waals surface area contributed by atoms with Crippen LogP contribution in [0.5, 0.6) is 0 Å². The van der Waals surface area contributed by atoms with Gasteiger partial charge in [0, 0.05) is 12.1 Å². The Labute approximate surface area is 129 Å². The second kappa shape index (κ2) is 6.68. The monoisotopic (exact) mass is 314 g/mol. The van der Waals surface area contributed by atoms with Crippen molar-refractivity contribution in [2.24, 2.45) is 11.8 Å². The fourth-order valence-electron chi connectivity index (χ4n) is 2.80. The minimum atomic E-state index is -0.146. The molecule has 0 spiro atoms. The van der Waals surface area contributed by atoms with Gasteiger partial charge in [0.25, 0.3) is 5.91 Å². The molecule has 5 heteroatoms. The zero-order valence-electron chi connectivity index (χ0n) is 11.6. The lowest BCUT2D eigenvalue weighted by molar-refractivity contribution is 0.0940. The van der Waals surface area contributed by atoms with Crippen molar-refractivity contribution >= 4 is 34.8 Å². The zero-order chi connectivity index (χ0) is 14.7. The Morgan fingerprint density at radius 1 is 1.35 bits per heavy atom. The number of hydrogen-bond acceptors (Lipinski definition) is 2. The van der Waals surface area contributed by atoms with E-state index in [1.807, 2.05) is 0 Å². The molecule has 0 bridgehead atoms. The third-order valence-electron chi connectivity index (χ3n) is 3.94. The maximum atomic E-state index is 12.1. The molecule has 1 aromatic carbocycles. The van der Waals surface area contributed by atoms with E-state index in [4.69, 9.17) is 28.9 Å². The number of carbonyl (C=O) groups excluding carboxylic acids is 1. The van der Waals surface area contributed by atoms with Crippen LogP contribution in [0.1, 0.15) is 43.0 Å². The van der Waals surface area contributed by atoms with Gasteiger partial charge in [-0.2, -0.15) is 0 Å². The molecule has 1 amide bonds. The summed E-state index contributed by atoms with van der Waals surface area (Å²) in [6.07, 6.45) is 4.92. The van der Waals surface area contributed by atoms with Gasteiger partial charge in [0.15, 0.2) is 0 Å². The van der Waals surface area contributed by atoms with Crippen LogP contribution in [0, 0.1) is 11.8 Å². The van der Waals surface area contributed by atoms with Gasteiger partial charge in [0.2, 0.25) is 0 Å². The number of nitrogen functional groups attached to an aromatic ring is 1. The molecule has 0 radical (unpaired) electrons. The van der Waals surface area contributed by atoms with E-state index >= 15 is 0 Å². The minimum absolute atomic E-state index is 0.146. The molecule has 2 atom stereocenters. The third kappa shape index (κ3) is 3.80. The van der Waals surface area contributed by atoms with Gasteiger partial charge in [-0.3, -0.25) is 4.79 Å². The smallest absolute Gasteiger partial charge is 0.251 e. The Morgan fingerprint density at radius 3 is 2.60 bits per heavy atom. The highest BCUT2D eigenvalue weighted by Gasteiger charge is 2.20. The van der Waals surface area contributed by atoms with Crippen molar-refractivity contribution in [3.63, 3.8) is 0 Å². The summed E-state index contributed by atoms with van der Waals surface area (Å²) >= 11 is 11.9. The van der Waals surface area contributed by atoms with Crippen LogP contribution < -0.4 is 11.1 Å². The highest BCUT2D eigenvalue weighted by atomic mass is 35.5. The lowest BCUT2D eigenvalue weighted by Gasteiger charge is -2.26. The average molecular weight is 315 g/mol. The topological polar surface area (TPSA) is 55.1 Å². The molecule has 1 aliphatic carbocycles. The Hall–Kier alpha value is -0.930. The van der Waals surface area contributed by atoms with Crippen LogP contribution in [0.25, 0.3) is 0 Å². The van der Waals surface area contributed by atoms with E-state index in [-0.39, 0.29) is 5.91 Å². The Balaban J connectivity index is 1.95. The van der Waals surface area contributed by atoms with E-state index in [2.05, 4.69) is 12.2 Å². The van der Waals surface area contributed by atoms with Crippen molar-refractivity contribution in [1.29, 1.82) is 0 Å². The second-order valence-corrected chi connectivity index (χ2v) is 6.52. The van der Waals surface area contributed by atoms with Gasteiger partial charge < -0.3 is 11.1 Å². The molecule has 0 saturated heterocycles. The number of hydrogen-bond donors (Lipinski definition) is 2. The summed E-state index contributed by atoms with van der Waals surface area (Å²) in [4.78, 5) is 12.1. The Kier molecular flexibility index (Phi) is 5.17. The van der Waals surface area contributed by atoms with Crippen LogP contribution in [0.4, 0.5) is 5.69 Å². The largest absolute Gasteiger partial charge is 0.396 e. The second-order valence-electron chi connectivity index (χ2n) is 5.70. The SMILES string of the molecule is CC1CCCC(CNC(=O)c2cc(Cl)c(N)c(Cl)c2)C1. The first-order valence-electron chi connectivity index (χ1n) is 7.00. The third-order valence-corrected chi connectivity index (χ3v) is 4.56. The van der Waals surface area contributed by atoms with Crippen LogP contribution in [-0.2, 0) is 0 Å². The number of nitrogens with two attached hydrogens (primary N) is 1. The van der Waals surface area contributed by atoms with Crippen LogP contribution in [0.15, 0.2) is 12.1 Å². The van der Waals surface area contributed by atoms with Crippen LogP contribution in [-0.4, -0.2) is 12.5 Å². The predicted octanol–water partition coefficient (Wildman–Crippen LogP) is 4.13. The van der Waals surface area contributed by atoms with Crippen molar-refractivity contribution < 1.29 is 4.79 Å². The quantitative estimate of drug-likeness (QED) is 0.824. The lowest BCUT2D eigenvalue weighted by Crippen LogP contribution is -2.31. The normalized spacial score (nSPS) is 22.6. The molecular formula is C15H20Cl2N2O. The van der Waals surface area contributed by atoms with E-state index < -0.39 is 0 Å². The lowest BCUT2D eigenvalue weighted by atomic mass is 9.82. The maximum absolute atomic E-state index is 12.1. The van der Waals surface area contributed by atoms with Crippen molar-refractivity contribution in [2.75, 3.05) is 12.3 Å². The molecule has 1 aliphatic rings. The van der Waals surface area contributed by atoms with Gasteiger partial charge in [-0.1, -0.05) is 43.0 Å². The predicted molar refractivity (Wildman–Crippen MR) is 84.3 cm³/mol. The van der Waals surface area contributed by atoms with Gasteiger partial charge in [0.1, 0.15) is 0 Å². The van der Waals surface area contributed by atoms with Crippen LogP contribution in [0.3, 0.4) is 0 Å².